The Kier molecular flexibility index (Phi) is 9.95. The number of allylic oxidation sites excluding steroid dienone is 5. The minimum atomic E-state index is -1.90. The van der Waals surface area contributed by atoms with Crippen molar-refractivity contribution in [3.8, 4) is 0 Å². The standard InChI is InChI=1S/C34H48O7/c1-7-23(4)31-24(5)13-14-33(41-31)18-28-17-27(40-33)12-11-22(3)15-21(2)9-8-10-26(20-35)34(38)19-30(36)25(6)16-29(34)32(37)39-28/h7-11,16,20-21,24,27-31,36,38H,12-15,17-19H2,1-6H3/b9-8+,22-11+,23-7+,26-10+/t21-,24-,27+,28-,29-,30-,31+,33+,34+/m0/s1. The summed E-state index contributed by atoms with van der Waals surface area (Å²) in [5, 5.41) is 22.5. The Morgan fingerprint density at radius 3 is 2.61 bits per heavy atom. The van der Waals surface area contributed by atoms with Crippen LogP contribution in [-0.2, 0) is 23.8 Å². The van der Waals surface area contributed by atoms with Crippen molar-refractivity contribution in [2.75, 3.05) is 0 Å². The van der Waals surface area contributed by atoms with Crippen molar-refractivity contribution in [1.29, 1.82) is 0 Å². The van der Waals surface area contributed by atoms with E-state index >= 15 is 0 Å². The van der Waals surface area contributed by atoms with Gasteiger partial charge >= 0.3 is 5.97 Å². The summed E-state index contributed by atoms with van der Waals surface area (Å²) in [5.41, 5.74) is 1.09. The molecule has 41 heavy (non-hydrogen) atoms. The number of ether oxygens (including phenoxy) is 3. The van der Waals surface area contributed by atoms with Crippen LogP contribution in [0.2, 0.25) is 0 Å². The Hall–Kier alpha value is -2.32. The molecule has 0 radical (unpaired) electrons. The van der Waals surface area contributed by atoms with Crippen molar-refractivity contribution in [1.82, 2.24) is 0 Å². The van der Waals surface area contributed by atoms with Crippen molar-refractivity contribution in [2.45, 2.75) is 122 Å². The third-order valence-electron chi connectivity index (χ3n) is 9.42. The summed E-state index contributed by atoms with van der Waals surface area (Å²) in [6.07, 6.45) is 13.8. The second kappa shape index (κ2) is 12.9. The van der Waals surface area contributed by atoms with E-state index in [0.717, 1.165) is 18.4 Å². The predicted octanol–water partition coefficient (Wildman–Crippen LogP) is 5.67. The molecular formula is C34H48O7. The fraction of sp³-hybridized carbons (Fsp3) is 0.647. The molecule has 0 aromatic heterocycles. The summed E-state index contributed by atoms with van der Waals surface area (Å²) in [4.78, 5) is 26.1. The Balaban J connectivity index is 1.73. The van der Waals surface area contributed by atoms with Gasteiger partial charge in [0, 0.05) is 31.3 Å². The topological polar surface area (TPSA) is 102 Å². The lowest BCUT2D eigenvalue weighted by Crippen LogP contribution is -2.55. The normalized spacial score (nSPS) is 44.4. The van der Waals surface area contributed by atoms with E-state index in [1.165, 1.54) is 5.57 Å². The summed E-state index contributed by atoms with van der Waals surface area (Å²) >= 11 is 0. The van der Waals surface area contributed by atoms with Crippen LogP contribution in [-0.4, -0.2) is 58.3 Å². The zero-order valence-electron chi connectivity index (χ0n) is 25.5. The second-order valence-electron chi connectivity index (χ2n) is 12.9. The number of aliphatic hydroxyl groups is 2. The van der Waals surface area contributed by atoms with E-state index in [-0.39, 0.29) is 30.1 Å². The molecule has 2 N–H and O–H groups in total. The number of carbonyl (C=O) groups excluding carboxylic acids is 2. The second-order valence-corrected chi connectivity index (χ2v) is 12.9. The zero-order valence-corrected chi connectivity index (χ0v) is 25.5. The summed E-state index contributed by atoms with van der Waals surface area (Å²) < 4.78 is 19.6. The van der Waals surface area contributed by atoms with Crippen molar-refractivity contribution in [2.24, 2.45) is 17.8 Å². The highest BCUT2D eigenvalue weighted by Gasteiger charge is 2.52. The molecule has 0 unspecified atom stereocenters. The van der Waals surface area contributed by atoms with Gasteiger partial charge < -0.3 is 24.4 Å². The van der Waals surface area contributed by atoms with Gasteiger partial charge in [-0.05, 0) is 69.9 Å². The van der Waals surface area contributed by atoms with Crippen molar-refractivity contribution in [3.63, 3.8) is 0 Å². The van der Waals surface area contributed by atoms with Crippen LogP contribution in [0.3, 0.4) is 0 Å². The van der Waals surface area contributed by atoms with Crippen LogP contribution < -0.4 is 0 Å². The largest absolute Gasteiger partial charge is 0.462 e. The maximum Gasteiger partial charge on any atom is 0.316 e. The number of aliphatic hydroxyl groups excluding tert-OH is 1. The highest BCUT2D eigenvalue weighted by molar-refractivity contribution is 5.84. The molecule has 7 nitrogen and oxygen atoms in total. The highest BCUT2D eigenvalue weighted by Crippen LogP contribution is 2.45. The average molecular weight is 569 g/mol. The molecule has 2 saturated heterocycles. The Morgan fingerprint density at radius 2 is 1.90 bits per heavy atom. The van der Waals surface area contributed by atoms with E-state index in [4.69, 9.17) is 14.2 Å². The van der Waals surface area contributed by atoms with E-state index in [2.05, 4.69) is 39.8 Å². The van der Waals surface area contributed by atoms with Crippen molar-refractivity contribution < 1.29 is 34.0 Å². The van der Waals surface area contributed by atoms with E-state index < -0.39 is 35.5 Å². The molecule has 226 valence electrons. The molecule has 1 aliphatic carbocycles. The van der Waals surface area contributed by atoms with Crippen LogP contribution in [0.15, 0.2) is 58.7 Å². The molecule has 0 aromatic carbocycles. The monoisotopic (exact) mass is 568 g/mol. The van der Waals surface area contributed by atoms with Crippen LogP contribution in [0.5, 0.6) is 0 Å². The molecule has 9 atom stereocenters. The van der Waals surface area contributed by atoms with Crippen LogP contribution in [0.4, 0.5) is 0 Å². The number of aldehydes is 1. The average Bonchev–Trinajstić information content (AvgIpc) is 2.92. The van der Waals surface area contributed by atoms with E-state index in [1.807, 2.05) is 13.0 Å². The minimum absolute atomic E-state index is 0.0423. The highest BCUT2D eigenvalue weighted by atomic mass is 16.7. The third kappa shape index (κ3) is 7.02. The SMILES string of the molecule is C/C=C(\C)[C@H]1O[C@]2(CC[C@@H]1C)C[C@@H]1C[C@@H](C/C=C(\C)C[C@@H](C)/C=C/C=C(\C=O)[C@]3(O)C[C@H](O)C(C)=C[C@H]3C(=O)O1)O2. The molecule has 3 heterocycles. The molecule has 3 aliphatic heterocycles. The van der Waals surface area contributed by atoms with Gasteiger partial charge in [0.1, 0.15) is 23.9 Å². The molecule has 4 aliphatic rings. The van der Waals surface area contributed by atoms with Gasteiger partial charge in [-0.15, -0.1) is 0 Å². The molecule has 7 heteroatoms. The van der Waals surface area contributed by atoms with Crippen LogP contribution >= 0.6 is 0 Å². The Morgan fingerprint density at radius 1 is 1.15 bits per heavy atom. The Bertz CT molecular complexity index is 1150. The van der Waals surface area contributed by atoms with Gasteiger partial charge in [0.2, 0.25) is 0 Å². The fourth-order valence-corrected chi connectivity index (χ4v) is 6.82. The van der Waals surface area contributed by atoms with Gasteiger partial charge in [0.15, 0.2) is 5.79 Å². The Labute approximate surface area is 245 Å². The first-order chi connectivity index (χ1) is 19.4. The summed E-state index contributed by atoms with van der Waals surface area (Å²) in [6.45, 7) is 12.2. The molecule has 0 saturated carbocycles. The smallest absolute Gasteiger partial charge is 0.316 e. The number of hydrogen-bond acceptors (Lipinski definition) is 7. The predicted molar refractivity (Wildman–Crippen MR) is 158 cm³/mol. The van der Waals surface area contributed by atoms with Gasteiger partial charge in [-0.3, -0.25) is 9.59 Å². The van der Waals surface area contributed by atoms with Gasteiger partial charge in [-0.2, -0.15) is 0 Å². The quantitative estimate of drug-likeness (QED) is 0.251. The first-order valence-corrected chi connectivity index (χ1v) is 15.2. The molecular weight excluding hydrogens is 520 g/mol. The lowest BCUT2D eigenvalue weighted by molar-refractivity contribution is -0.329. The molecule has 0 amide bonds. The number of hydrogen-bond donors (Lipinski definition) is 2. The van der Waals surface area contributed by atoms with Crippen molar-refractivity contribution >= 4 is 12.3 Å². The van der Waals surface area contributed by atoms with Crippen LogP contribution in [0, 0.1) is 17.8 Å². The molecule has 1 spiro atoms. The number of rotatable bonds is 2. The molecule has 4 rings (SSSR count). The van der Waals surface area contributed by atoms with Gasteiger partial charge in [0.25, 0.3) is 0 Å². The van der Waals surface area contributed by atoms with E-state index in [1.54, 1.807) is 25.2 Å². The number of carbonyl (C=O) groups is 2. The zero-order chi connectivity index (χ0) is 29.9. The summed E-state index contributed by atoms with van der Waals surface area (Å²) in [6, 6.07) is 0. The lowest BCUT2D eigenvalue weighted by atomic mass is 9.71. The van der Waals surface area contributed by atoms with E-state index in [9.17, 15) is 19.8 Å². The maximum absolute atomic E-state index is 13.8. The summed E-state index contributed by atoms with van der Waals surface area (Å²) in [5.74, 6) is -2.09. The first-order valence-electron chi connectivity index (χ1n) is 15.2. The first kappa shape index (κ1) is 31.6. The van der Waals surface area contributed by atoms with Crippen LogP contribution in [0.1, 0.15) is 86.5 Å². The lowest BCUT2D eigenvalue weighted by Gasteiger charge is -2.50. The maximum atomic E-state index is 13.8. The fourth-order valence-electron chi connectivity index (χ4n) is 6.82. The third-order valence-corrected chi connectivity index (χ3v) is 9.42. The minimum Gasteiger partial charge on any atom is -0.462 e. The summed E-state index contributed by atoms with van der Waals surface area (Å²) in [7, 11) is 0. The van der Waals surface area contributed by atoms with Crippen LogP contribution in [0.25, 0.3) is 0 Å². The van der Waals surface area contributed by atoms with Gasteiger partial charge in [-0.1, -0.05) is 55.9 Å². The van der Waals surface area contributed by atoms with Gasteiger partial charge in [0.05, 0.1) is 18.3 Å². The molecule has 2 fully saturated rings. The number of fused-ring (bicyclic) bond motifs is 3. The molecule has 2 bridgehead atoms. The number of esters is 1. The van der Waals surface area contributed by atoms with Gasteiger partial charge in [-0.25, -0.2) is 0 Å². The van der Waals surface area contributed by atoms with E-state index in [0.29, 0.717) is 43.5 Å². The molecule has 0 aromatic rings. The van der Waals surface area contributed by atoms with Crippen molar-refractivity contribution in [3.05, 3.63) is 58.7 Å².